The fourth-order valence-electron chi connectivity index (χ4n) is 4.60. The molecule has 0 saturated heterocycles. The van der Waals surface area contributed by atoms with Crippen LogP contribution in [0.1, 0.15) is 47.4 Å². The molecule has 0 radical (unpaired) electrons. The van der Waals surface area contributed by atoms with Gasteiger partial charge in [-0.2, -0.15) is 0 Å². The zero-order valence-electron chi connectivity index (χ0n) is 21.0. The molecule has 4 heteroatoms. The molecule has 3 aromatic rings. The maximum Gasteiger partial charge on any atom is 0.0543 e. The van der Waals surface area contributed by atoms with Crippen molar-refractivity contribution in [3.05, 3.63) is 88.2 Å². The number of hydrogen-bond donors (Lipinski definition) is 2. The summed E-state index contributed by atoms with van der Waals surface area (Å²) in [7, 11) is 0. The maximum absolute atomic E-state index is 4.56. The van der Waals surface area contributed by atoms with E-state index in [0.717, 1.165) is 51.3 Å². The number of aromatic nitrogens is 1. The number of para-hydroxylation sites is 1. The smallest absolute Gasteiger partial charge is 0.0543 e. The number of pyridine rings is 1. The van der Waals surface area contributed by atoms with E-state index in [1.54, 1.807) is 0 Å². The molecule has 176 valence electrons. The molecule has 0 bridgehead atoms. The van der Waals surface area contributed by atoms with Gasteiger partial charge >= 0.3 is 0 Å². The van der Waals surface area contributed by atoms with Crippen molar-refractivity contribution in [3.63, 3.8) is 0 Å². The molecular formula is C29H40N4. The van der Waals surface area contributed by atoms with Crippen molar-refractivity contribution in [2.75, 3.05) is 36.8 Å². The first-order valence-electron chi connectivity index (χ1n) is 12.3. The molecular weight excluding hydrogens is 404 g/mol. The summed E-state index contributed by atoms with van der Waals surface area (Å²) in [5.74, 6) is 0. The van der Waals surface area contributed by atoms with Crippen LogP contribution in [0.15, 0.2) is 54.7 Å². The second-order valence-corrected chi connectivity index (χ2v) is 8.88. The van der Waals surface area contributed by atoms with E-state index in [4.69, 9.17) is 0 Å². The summed E-state index contributed by atoms with van der Waals surface area (Å²) in [5, 5.41) is 7.44. The Labute approximate surface area is 200 Å². The number of anilines is 2. The predicted molar refractivity (Wildman–Crippen MR) is 142 cm³/mol. The minimum absolute atomic E-state index is 0.853. The third-order valence-corrected chi connectivity index (χ3v) is 6.25. The molecule has 0 saturated carbocycles. The molecule has 0 aliphatic rings. The fourth-order valence-corrected chi connectivity index (χ4v) is 4.60. The van der Waals surface area contributed by atoms with Crippen LogP contribution in [-0.2, 0) is 19.4 Å². The zero-order chi connectivity index (χ0) is 23.6. The Balaban J connectivity index is 1.64. The molecule has 0 amide bonds. The first-order chi connectivity index (χ1) is 16.0. The van der Waals surface area contributed by atoms with E-state index >= 15 is 0 Å². The highest BCUT2D eigenvalue weighted by Gasteiger charge is 2.10. The van der Waals surface area contributed by atoms with Crippen LogP contribution in [-0.4, -0.2) is 36.1 Å². The van der Waals surface area contributed by atoms with Crippen molar-refractivity contribution in [2.45, 2.75) is 54.0 Å². The fraction of sp³-hybridized carbons (Fsp3) is 0.414. The second-order valence-electron chi connectivity index (χ2n) is 8.88. The molecule has 3 rings (SSSR count). The normalized spacial score (nSPS) is 11.1. The summed E-state index contributed by atoms with van der Waals surface area (Å²) in [5.41, 5.74) is 10.4. The van der Waals surface area contributed by atoms with Gasteiger partial charge in [0, 0.05) is 50.3 Å². The van der Waals surface area contributed by atoms with Crippen molar-refractivity contribution < 1.29 is 0 Å². The van der Waals surface area contributed by atoms with Crippen LogP contribution >= 0.6 is 0 Å². The molecule has 0 aliphatic carbocycles. The van der Waals surface area contributed by atoms with Gasteiger partial charge in [-0.05, 0) is 68.0 Å². The van der Waals surface area contributed by atoms with Gasteiger partial charge in [-0.1, -0.05) is 55.8 Å². The summed E-state index contributed by atoms with van der Waals surface area (Å²) < 4.78 is 0. The highest BCUT2D eigenvalue weighted by atomic mass is 15.2. The highest BCUT2D eigenvalue weighted by Crippen LogP contribution is 2.23. The number of rotatable bonds is 12. The number of aryl methyl sites for hydroxylation is 5. The van der Waals surface area contributed by atoms with Gasteiger partial charge < -0.3 is 10.6 Å². The first-order valence-corrected chi connectivity index (χ1v) is 12.3. The Hall–Kier alpha value is -2.85. The molecule has 0 atom stereocenters. The first kappa shape index (κ1) is 24.8. The second kappa shape index (κ2) is 12.4. The third kappa shape index (κ3) is 7.06. The Morgan fingerprint density at radius 1 is 0.758 bits per heavy atom. The Kier molecular flexibility index (Phi) is 9.32. The van der Waals surface area contributed by atoms with Crippen LogP contribution in [0.4, 0.5) is 11.4 Å². The summed E-state index contributed by atoms with van der Waals surface area (Å²) in [6.45, 7) is 15.6. The van der Waals surface area contributed by atoms with Gasteiger partial charge in [0.15, 0.2) is 0 Å². The van der Waals surface area contributed by atoms with Crippen LogP contribution in [0.2, 0.25) is 0 Å². The van der Waals surface area contributed by atoms with Gasteiger partial charge in [-0.15, -0.1) is 0 Å². The quantitative estimate of drug-likeness (QED) is 0.351. The third-order valence-electron chi connectivity index (χ3n) is 6.25. The van der Waals surface area contributed by atoms with Crippen molar-refractivity contribution in [3.8, 4) is 0 Å². The Bertz CT molecular complexity index is 968. The van der Waals surface area contributed by atoms with Crippen molar-refractivity contribution in [1.82, 2.24) is 9.88 Å². The molecule has 2 aromatic carbocycles. The monoisotopic (exact) mass is 444 g/mol. The standard InChI is InChI=1S/C29H40N4/c1-6-25-11-10-12-26(7-2)29(25)32-16-18-33(21-27-13-8-9-14-30-27)17-15-31-28-23(4)19-22(3)20-24(28)5/h8-14,19-20,31-32H,6-7,15-18,21H2,1-5H3. The zero-order valence-corrected chi connectivity index (χ0v) is 21.0. The molecule has 4 nitrogen and oxygen atoms in total. The lowest BCUT2D eigenvalue weighted by Gasteiger charge is -2.24. The van der Waals surface area contributed by atoms with Gasteiger partial charge in [-0.3, -0.25) is 9.88 Å². The van der Waals surface area contributed by atoms with E-state index in [0.29, 0.717) is 0 Å². The lowest BCUT2D eigenvalue weighted by atomic mass is 10.0. The van der Waals surface area contributed by atoms with Crippen LogP contribution in [0.5, 0.6) is 0 Å². The number of hydrogen-bond acceptors (Lipinski definition) is 4. The average Bonchev–Trinajstić information content (AvgIpc) is 2.81. The lowest BCUT2D eigenvalue weighted by Crippen LogP contribution is -2.33. The SMILES string of the molecule is CCc1cccc(CC)c1NCCN(CCNc1c(C)cc(C)cc1C)Cc1ccccn1. The molecule has 0 fully saturated rings. The van der Waals surface area contributed by atoms with Crippen LogP contribution in [0.3, 0.4) is 0 Å². The van der Waals surface area contributed by atoms with Gasteiger partial charge in [0.1, 0.15) is 0 Å². The summed E-state index contributed by atoms with van der Waals surface area (Å²) in [4.78, 5) is 7.05. The van der Waals surface area contributed by atoms with Gasteiger partial charge in [0.25, 0.3) is 0 Å². The Morgan fingerprint density at radius 2 is 1.36 bits per heavy atom. The van der Waals surface area contributed by atoms with Crippen molar-refractivity contribution >= 4 is 11.4 Å². The molecule has 0 aliphatic heterocycles. The largest absolute Gasteiger partial charge is 0.383 e. The van der Waals surface area contributed by atoms with Crippen LogP contribution in [0.25, 0.3) is 0 Å². The van der Waals surface area contributed by atoms with Gasteiger partial charge in [0.2, 0.25) is 0 Å². The van der Waals surface area contributed by atoms with Gasteiger partial charge in [-0.25, -0.2) is 0 Å². The molecule has 0 unspecified atom stereocenters. The molecule has 0 spiro atoms. The van der Waals surface area contributed by atoms with E-state index in [1.165, 1.54) is 39.2 Å². The Morgan fingerprint density at radius 3 is 1.91 bits per heavy atom. The highest BCUT2D eigenvalue weighted by molar-refractivity contribution is 5.58. The summed E-state index contributed by atoms with van der Waals surface area (Å²) >= 11 is 0. The van der Waals surface area contributed by atoms with Crippen LogP contribution in [0, 0.1) is 20.8 Å². The number of nitrogens with zero attached hydrogens (tertiary/aromatic N) is 2. The molecule has 2 N–H and O–H groups in total. The van der Waals surface area contributed by atoms with Crippen LogP contribution < -0.4 is 10.6 Å². The average molecular weight is 445 g/mol. The number of nitrogens with one attached hydrogen (secondary N) is 2. The van der Waals surface area contributed by atoms with Gasteiger partial charge in [0.05, 0.1) is 5.69 Å². The lowest BCUT2D eigenvalue weighted by molar-refractivity contribution is 0.283. The topological polar surface area (TPSA) is 40.2 Å². The maximum atomic E-state index is 4.56. The summed E-state index contributed by atoms with van der Waals surface area (Å²) in [6.07, 6.45) is 3.98. The summed E-state index contributed by atoms with van der Waals surface area (Å²) in [6, 6.07) is 17.3. The molecule has 1 heterocycles. The van der Waals surface area contributed by atoms with E-state index < -0.39 is 0 Å². The van der Waals surface area contributed by atoms with E-state index in [1.807, 2.05) is 12.3 Å². The van der Waals surface area contributed by atoms with E-state index in [-0.39, 0.29) is 0 Å². The van der Waals surface area contributed by atoms with Crippen molar-refractivity contribution in [1.29, 1.82) is 0 Å². The number of benzene rings is 2. The predicted octanol–water partition coefficient (Wildman–Crippen LogP) is 6.16. The van der Waals surface area contributed by atoms with E-state index in [2.05, 4.69) is 97.6 Å². The molecule has 1 aromatic heterocycles. The minimum atomic E-state index is 0.853. The van der Waals surface area contributed by atoms with Crippen molar-refractivity contribution in [2.24, 2.45) is 0 Å². The minimum Gasteiger partial charge on any atom is -0.383 e. The van der Waals surface area contributed by atoms with E-state index in [9.17, 15) is 0 Å². The molecule has 33 heavy (non-hydrogen) atoms.